The van der Waals surface area contributed by atoms with Crippen molar-refractivity contribution in [3.8, 4) is 5.75 Å². The molecule has 1 aliphatic rings. The van der Waals surface area contributed by atoms with Gasteiger partial charge in [0.15, 0.2) is 5.82 Å². The molecular weight excluding hydrogens is 608 g/mol. The summed E-state index contributed by atoms with van der Waals surface area (Å²) in [5.74, 6) is -4.27. The zero-order valence-corrected chi connectivity index (χ0v) is 22.8. The number of aromatic carboxylic acids is 1. The van der Waals surface area contributed by atoms with Gasteiger partial charge >= 0.3 is 22.9 Å². The van der Waals surface area contributed by atoms with Crippen molar-refractivity contribution in [2.45, 2.75) is 26.4 Å². The number of benzene rings is 2. The number of carboxylic acid groups (broad SMARTS) is 1. The van der Waals surface area contributed by atoms with Gasteiger partial charge in [-0.05, 0) is 24.8 Å². The fourth-order valence-electron chi connectivity index (χ4n) is 4.67. The molecule has 43 heavy (non-hydrogen) atoms. The van der Waals surface area contributed by atoms with Gasteiger partial charge in [0.05, 0.1) is 25.9 Å². The van der Waals surface area contributed by atoms with Crippen LogP contribution in [0.15, 0.2) is 21.7 Å². The lowest BCUT2D eigenvalue weighted by molar-refractivity contribution is -0.782. The Morgan fingerprint density at radius 3 is 2.51 bits per heavy atom. The molecule has 2 aromatic heterocycles. The Kier molecular flexibility index (Phi) is 8.31. The summed E-state index contributed by atoms with van der Waals surface area (Å²) >= 11 is 5.46. The molecule has 0 spiro atoms. The number of piperazine rings is 1. The zero-order valence-electron chi connectivity index (χ0n) is 22.0. The van der Waals surface area contributed by atoms with Crippen LogP contribution in [0.25, 0.3) is 21.9 Å². The van der Waals surface area contributed by atoms with Crippen molar-refractivity contribution in [3.63, 3.8) is 0 Å². The van der Waals surface area contributed by atoms with Crippen LogP contribution in [0, 0.1) is 37.1 Å². The van der Waals surface area contributed by atoms with Gasteiger partial charge in [0, 0.05) is 38.4 Å². The highest BCUT2D eigenvalue weighted by atomic mass is 35.5. The van der Waals surface area contributed by atoms with Gasteiger partial charge in [-0.2, -0.15) is 0 Å². The quantitative estimate of drug-likeness (QED) is 0.164. The first-order valence-electron chi connectivity index (χ1n) is 12.2. The molecule has 3 N–H and O–H groups in total. The molecule has 0 amide bonds. The number of fused-ring (bicyclic) bond motifs is 2. The first-order chi connectivity index (χ1) is 20.2. The number of carboxylic acids is 1. The number of phenolic OH excluding ortho intramolecular Hbond substituents is 1. The molecule has 3 heterocycles. The number of hydrogen-bond acceptors (Lipinski definition) is 12. The van der Waals surface area contributed by atoms with E-state index in [1.54, 1.807) is 11.8 Å². The molecular formula is C23H20ClF2N7O10. The van der Waals surface area contributed by atoms with E-state index in [1.165, 1.54) is 4.57 Å². The Bertz CT molecular complexity index is 1880. The van der Waals surface area contributed by atoms with Crippen LogP contribution in [0.3, 0.4) is 0 Å². The van der Waals surface area contributed by atoms with Gasteiger partial charge in [-0.15, -0.1) is 0 Å². The predicted octanol–water partition coefficient (Wildman–Crippen LogP) is 2.43. The molecule has 5 rings (SSSR count). The molecule has 0 bridgehead atoms. The van der Waals surface area contributed by atoms with Gasteiger partial charge in [0.25, 0.3) is 11.3 Å². The van der Waals surface area contributed by atoms with Gasteiger partial charge in [-0.25, -0.2) is 13.6 Å². The second-order valence-electron chi connectivity index (χ2n) is 9.18. The van der Waals surface area contributed by atoms with Crippen LogP contribution >= 0.6 is 11.6 Å². The van der Waals surface area contributed by atoms with E-state index in [1.807, 2.05) is 6.92 Å². The maximum absolute atomic E-state index is 15.2. The summed E-state index contributed by atoms with van der Waals surface area (Å²) < 4.78 is 35.2. The smallest absolute Gasteiger partial charge is 0.352 e. The van der Waals surface area contributed by atoms with Crippen LogP contribution in [0.5, 0.6) is 5.75 Å². The third kappa shape index (κ3) is 5.30. The normalized spacial score (nSPS) is 14.9. The van der Waals surface area contributed by atoms with Crippen LogP contribution in [-0.2, 0) is 6.54 Å². The van der Waals surface area contributed by atoms with Crippen LogP contribution in [0.1, 0.15) is 24.2 Å². The van der Waals surface area contributed by atoms with Gasteiger partial charge < -0.3 is 30.2 Å². The van der Waals surface area contributed by atoms with Crippen molar-refractivity contribution in [2.24, 2.45) is 0 Å². The molecule has 2 aromatic carbocycles. The summed E-state index contributed by atoms with van der Waals surface area (Å²) in [5.41, 5.74) is -5.30. The minimum atomic E-state index is -1.42. The number of nitrogens with zero attached hydrogens (tertiary/aromatic N) is 6. The molecule has 1 atom stereocenters. The number of carbonyl (C=O) groups is 1. The minimum absolute atomic E-state index is 0.0694. The molecule has 1 unspecified atom stereocenters. The number of halogens is 3. The molecule has 0 aliphatic carbocycles. The Balaban J connectivity index is 0.000000208. The fourth-order valence-corrected chi connectivity index (χ4v) is 4.99. The number of nitrogens with one attached hydrogen (secondary N) is 1. The Morgan fingerprint density at radius 2 is 1.95 bits per heavy atom. The lowest BCUT2D eigenvalue weighted by atomic mass is 10.1. The highest BCUT2D eigenvalue weighted by Gasteiger charge is 2.40. The van der Waals surface area contributed by atoms with E-state index in [0.717, 1.165) is 12.3 Å². The molecule has 20 heteroatoms. The van der Waals surface area contributed by atoms with Crippen LogP contribution in [-0.4, -0.2) is 61.4 Å². The molecule has 17 nitrogen and oxygen atoms in total. The first kappa shape index (κ1) is 30.8. The number of aryl methyl sites for hydroxylation is 1. The van der Waals surface area contributed by atoms with Crippen molar-refractivity contribution in [1.29, 1.82) is 0 Å². The zero-order chi connectivity index (χ0) is 31.9. The average Bonchev–Trinajstić information content (AvgIpc) is 3.30. The van der Waals surface area contributed by atoms with Crippen molar-refractivity contribution in [2.75, 3.05) is 24.5 Å². The first-order valence-corrected chi connectivity index (χ1v) is 12.6. The third-order valence-electron chi connectivity index (χ3n) is 6.55. The van der Waals surface area contributed by atoms with E-state index in [4.69, 9.17) is 16.7 Å². The summed E-state index contributed by atoms with van der Waals surface area (Å²) in [4.78, 5) is 44.0. The maximum Gasteiger partial charge on any atom is 0.352 e. The number of pyridine rings is 1. The Labute approximate surface area is 241 Å². The van der Waals surface area contributed by atoms with E-state index in [2.05, 4.69) is 15.1 Å². The molecule has 0 radical (unpaired) electrons. The van der Waals surface area contributed by atoms with E-state index < -0.39 is 71.6 Å². The number of rotatable bonds is 5. The number of hydrogen-bond donors (Lipinski definition) is 3. The van der Waals surface area contributed by atoms with E-state index in [9.17, 15) is 44.5 Å². The van der Waals surface area contributed by atoms with Crippen LogP contribution in [0.4, 0.5) is 25.8 Å². The van der Waals surface area contributed by atoms with Crippen LogP contribution in [0.2, 0.25) is 5.02 Å². The lowest BCUT2D eigenvalue weighted by Gasteiger charge is -2.34. The van der Waals surface area contributed by atoms with Gasteiger partial charge in [-0.3, -0.25) is 29.7 Å². The maximum atomic E-state index is 15.2. The average molecular weight is 628 g/mol. The molecule has 228 valence electrons. The molecule has 1 aliphatic heterocycles. The SMILES string of the molecule is CCn1cc(C(=O)O)c(=O)c2cc(F)c(N3CCNC(C)C3)c(F)c21.O=[N+]([O-])c1c(Cl)c([N+](=O)[O-])c2no[n+]([O-])c2c1O. The lowest BCUT2D eigenvalue weighted by Crippen LogP contribution is -2.49. The Morgan fingerprint density at radius 1 is 1.30 bits per heavy atom. The summed E-state index contributed by atoms with van der Waals surface area (Å²) in [7, 11) is 0. The van der Waals surface area contributed by atoms with E-state index >= 15 is 4.39 Å². The molecule has 4 aromatic rings. The summed E-state index contributed by atoms with van der Waals surface area (Å²) in [6.07, 6.45) is 1.11. The number of anilines is 1. The summed E-state index contributed by atoms with van der Waals surface area (Å²) in [6.45, 7) is 5.33. The van der Waals surface area contributed by atoms with Crippen LogP contribution < -0.4 is 20.5 Å². The fraction of sp³-hybridized carbons (Fsp3) is 0.304. The second kappa shape index (κ2) is 11.6. The topological polar surface area (TPSA) is 234 Å². The van der Waals surface area contributed by atoms with E-state index in [-0.39, 0.29) is 34.1 Å². The monoisotopic (exact) mass is 627 g/mol. The number of nitro benzene ring substituents is 2. The summed E-state index contributed by atoms with van der Waals surface area (Å²) in [6, 6.07) is 1.02. The van der Waals surface area contributed by atoms with Crippen molar-refractivity contribution >= 4 is 56.6 Å². The molecule has 1 saturated heterocycles. The van der Waals surface area contributed by atoms with Gasteiger partial charge in [-0.1, -0.05) is 11.6 Å². The number of nitro groups is 2. The molecule has 1 fully saturated rings. The minimum Gasteiger partial charge on any atom is -0.499 e. The highest BCUT2D eigenvalue weighted by molar-refractivity contribution is 6.36. The predicted molar refractivity (Wildman–Crippen MR) is 143 cm³/mol. The van der Waals surface area contributed by atoms with E-state index in [0.29, 0.717) is 19.6 Å². The summed E-state index contributed by atoms with van der Waals surface area (Å²) in [5, 5.41) is 56.2. The number of aromatic hydroxyl groups is 1. The van der Waals surface area contributed by atoms with Gasteiger partial charge in [0.2, 0.25) is 10.5 Å². The van der Waals surface area contributed by atoms with Gasteiger partial charge in [0.1, 0.15) is 17.1 Å². The highest BCUT2D eigenvalue weighted by Crippen LogP contribution is 2.45. The largest absolute Gasteiger partial charge is 0.499 e. The number of aromatic nitrogens is 3. The third-order valence-corrected chi connectivity index (χ3v) is 6.91. The second-order valence-corrected chi connectivity index (χ2v) is 9.56. The standard InChI is InChI=1S/C17H19F2N3O3.C6HClN4O7/c1-3-21-8-11(17(24)25)16(23)10-6-12(18)15(13(19)14(10)21)22-5-4-20-9(2)7-22;7-1-3(9(13)14)2-5(11(17)18-8-2)6(12)4(1)10(15)16/h6,8-9,20H,3-5,7H2,1-2H3,(H,24,25);12H. The van der Waals surface area contributed by atoms with Crippen molar-refractivity contribution in [1.82, 2.24) is 15.0 Å². The Hall–Kier alpha value is -5.17. The number of phenols is 1. The molecule has 0 saturated carbocycles. The van der Waals surface area contributed by atoms with Crippen molar-refractivity contribution < 1.29 is 43.2 Å². The van der Waals surface area contributed by atoms with Crippen molar-refractivity contribution in [3.05, 3.63) is 70.1 Å².